The third kappa shape index (κ3) is 3.52. The second kappa shape index (κ2) is 6.14. The summed E-state index contributed by atoms with van der Waals surface area (Å²) in [4.78, 5) is 5.06. The lowest BCUT2D eigenvalue weighted by molar-refractivity contribution is 0.182. The summed E-state index contributed by atoms with van der Waals surface area (Å²) in [6.45, 7) is 0.529. The summed E-state index contributed by atoms with van der Waals surface area (Å²) < 4.78 is 18.4. The van der Waals surface area contributed by atoms with Gasteiger partial charge < -0.3 is 4.74 Å². The monoisotopic (exact) mass is 269 g/mol. The topological polar surface area (TPSA) is 22.1 Å². The molecular formula is C12H12FNOS2. The Bertz CT molecular complexity index is 487. The lowest BCUT2D eigenvalue weighted by atomic mass is 10.3. The van der Waals surface area contributed by atoms with Crippen LogP contribution in [0.5, 0.6) is 0 Å². The number of aromatic nitrogens is 1. The van der Waals surface area contributed by atoms with E-state index in [0.717, 1.165) is 10.7 Å². The minimum atomic E-state index is -0.175. The number of ether oxygens (including phenoxy) is 1. The van der Waals surface area contributed by atoms with E-state index in [0.29, 0.717) is 17.3 Å². The fraction of sp³-hybridized carbons (Fsp3) is 0.250. The maximum atomic E-state index is 13.4. The van der Waals surface area contributed by atoms with Crippen molar-refractivity contribution in [2.24, 2.45) is 0 Å². The maximum absolute atomic E-state index is 13.4. The van der Waals surface area contributed by atoms with Gasteiger partial charge >= 0.3 is 0 Å². The average Bonchev–Trinajstić information content (AvgIpc) is 2.76. The van der Waals surface area contributed by atoms with Gasteiger partial charge in [-0.1, -0.05) is 12.1 Å². The van der Waals surface area contributed by atoms with Crippen molar-refractivity contribution >= 4 is 23.1 Å². The highest BCUT2D eigenvalue weighted by molar-refractivity contribution is 7.98. The first-order chi connectivity index (χ1) is 8.29. The predicted molar refractivity (Wildman–Crippen MR) is 68.8 cm³/mol. The Morgan fingerprint density at radius 1 is 1.41 bits per heavy atom. The molecule has 0 unspecified atom stereocenters. The van der Waals surface area contributed by atoms with Crippen LogP contribution < -0.4 is 0 Å². The fourth-order valence-corrected chi connectivity index (χ4v) is 3.07. The van der Waals surface area contributed by atoms with E-state index in [4.69, 9.17) is 4.74 Å². The highest BCUT2D eigenvalue weighted by Gasteiger charge is 2.05. The molecule has 1 aromatic carbocycles. The average molecular weight is 269 g/mol. The molecule has 0 amide bonds. The molecule has 0 aliphatic rings. The number of benzene rings is 1. The third-order valence-corrected chi connectivity index (χ3v) is 4.22. The normalized spacial score (nSPS) is 10.7. The van der Waals surface area contributed by atoms with Gasteiger partial charge in [0.2, 0.25) is 0 Å². The summed E-state index contributed by atoms with van der Waals surface area (Å²) in [6.07, 6.45) is 0. The third-order valence-electron chi connectivity index (χ3n) is 2.08. The van der Waals surface area contributed by atoms with E-state index in [1.54, 1.807) is 30.6 Å². The molecule has 0 atom stereocenters. The van der Waals surface area contributed by atoms with Crippen molar-refractivity contribution < 1.29 is 9.13 Å². The molecule has 1 aromatic heterocycles. The first-order valence-corrected chi connectivity index (χ1v) is 6.95. The minimum absolute atomic E-state index is 0.175. The van der Waals surface area contributed by atoms with Crippen LogP contribution in [0, 0.1) is 5.82 Å². The highest BCUT2D eigenvalue weighted by Crippen LogP contribution is 2.26. The molecule has 0 saturated heterocycles. The number of thiazole rings is 1. The molecule has 1 heterocycles. The molecule has 0 fully saturated rings. The van der Waals surface area contributed by atoms with Crippen LogP contribution in [0.4, 0.5) is 4.39 Å². The van der Waals surface area contributed by atoms with E-state index in [-0.39, 0.29) is 5.82 Å². The zero-order chi connectivity index (χ0) is 12.1. The lowest BCUT2D eigenvalue weighted by Gasteiger charge is -2.00. The zero-order valence-electron chi connectivity index (χ0n) is 9.35. The first kappa shape index (κ1) is 12.5. The van der Waals surface area contributed by atoms with Gasteiger partial charge in [-0.05, 0) is 12.1 Å². The second-order valence-corrected chi connectivity index (χ2v) is 5.34. The SMILES string of the molecule is COCc1csc(CSc2ccccc2F)n1. The van der Waals surface area contributed by atoms with Gasteiger partial charge in [0.25, 0.3) is 0 Å². The Labute approximate surface area is 108 Å². The summed E-state index contributed by atoms with van der Waals surface area (Å²) >= 11 is 3.04. The molecule has 0 aliphatic carbocycles. The molecule has 2 aromatic rings. The maximum Gasteiger partial charge on any atom is 0.136 e. The number of rotatable bonds is 5. The van der Waals surface area contributed by atoms with Crippen molar-refractivity contribution in [2.45, 2.75) is 17.3 Å². The van der Waals surface area contributed by atoms with E-state index < -0.39 is 0 Å². The second-order valence-electron chi connectivity index (χ2n) is 3.38. The highest BCUT2D eigenvalue weighted by atomic mass is 32.2. The Balaban J connectivity index is 1.95. The van der Waals surface area contributed by atoms with Gasteiger partial charge in [-0.15, -0.1) is 23.1 Å². The number of halogens is 1. The number of methoxy groups -OCH3 is 1. The molecule has 0 aliphatic heterocycles. The van der Waals surface area contributed by atoms with Crippen molar-refractivity contribution in [1.29, 1.82) is 0 Å². The number of hydrogen-bond acceptors (Lipinski definition) is 4. The molecule has 0 radical (unpaired) electrons. The summed E-state index contributed by atoms with van der Waals surface area (Å²) in [5.74, 6) is 0.515. The molecular weight excluding hydrogens is 257 g/mol. The van der Waals surface area contributed by atoms with Gasteiger partial charge in [0.1, 0.15) is 10.8 Å². The van der Waals surface area contributed by atoms with E-state index in [1.165, 1.54) is 17.8 Å². The predicted octanol–water partition coefficient (Wildman–Crippen LogP) is 3.72. The molecule has 2 rings (SSSR count). The molecule has 0 N–H and O–H groups in total. The van der Waals surface area contributed by atoms with Crippen LogP contribution in [-0.2, 0) is 17.1 Å². The number of hydrogen-bond donors (Lipinski definition) is 0. The fourth-order valence-electron chi connectivity index (χ4n) is 1.33. The van der Waals surface area contributed by atoms with Crippen molar-refractivity contribution in [3.05, 3.63) is 46.2 Å². The van der Waals surface area contributed by atoms with Crippen LogP contribution in [0.2, 0.25) is 0 Å². The zero-order valence-corrected chi connectivity index (χ0v) is 11.0. The van der Waals surface area contributed by atoms with Gasteiger partial charge in [0.05, 0.1) is 18.1 Å². The number of nitrogens with zero attached hydrogens (tertiary/aromatic N) is 1. The summed E-state index contributed by atoms with van der Waals surface area (Å²) in [6, 6.07) is 6.79. The van der Waals surface area contributed by atoms with E-state index >= 15 is 0 Å². The van der Waals surface area contributed by atoms with Gasteiger partial charge in [0.15, 0.2) is 0 Å². The summed E-state index contributed by atoms with van der Waals surface area (Å²) in [7, 11) is 1.65. The first-order valence-electron chi connectivity index (χ1n) is 5.09. The summed E-state index contributed by atoms with van der Waals surface area (Å²) in [5.41, 5.74) is 0.932. The quantitative estimate of drug-likeness (QED) is 0.772. The largest absolute Gasteiger partial charge is 0.378 e. The Morgan fingerprint density at radius 2 is 2.24 bits per heavy atom. The molecule has 0 spiro atoms. The van der Waals surface area contributed by atoms with Gasteiger partial charge in [0, 0.05) is 17.4 Å². The van der Waals surface area contributed by atoms with Crippen LogP contribution in [-0.4, -0.2) is 12.1 Å². The van der Waals surface area contributed by atoms with Gasteiger partial charge in [-0.3, -0.25) is 0 Å². The van der Waals surface area contributed by atoms with Crippen LogP contribution in [0.1, 0.15) is 10.7 Å². The molecule has 17 heavy (non-hydrogen) atoms. The Kier molecular flexibility index (Phi) is 4.53. The molecule has 2 nitrogen and oxygen atoms in total. The molecule has 0 saturated carbocycles. The Morgan fingerprint density at radius 3 is 3.00 bits per heavy atom. The van der Waals surface area contributed by atoms with Crippen molar-refractivity contribution in [3.63, 3.8) is 0 Å². The number of thioether (sulfide) groups is 1. The molecule has 5 heteroatoms. The van der Waals surface area contributed by atoms with Gasteiger partial charge in [-0.25, -0.2) is 9.37 Å². The lowest BCUT2D eigenvalue weighted by Crippen LogP contribution is -1.88. The molecule has 90 valence electrons. The van der Waals surface area contributed by atoms with Crippen molar-refractivity contribution in [1.82, 2.24) is 4.98 Å². The van der Waals surface area contributed by atoms with Crippen molar-refractivity contribution in [2.75, 3.05) is 7.11 Å². The Hall–Kier alpha value is -0.910. The van der Waals surface area contributed by atoms with E-state index in [2.05, 4.69) is 4.98 Å². The summed E-state index contributed by atoms with van der Waals surface area (Å²) in [5, 5.41) is 2.96. The van der Waals surface area contributed by atoms with Crippen LogP contribution in [0.15, 0.2) is 34.5 Å². The van der Waals surface area contributed by atoms with Crippen LogP contribution in [0.3, 0.4) is 0 Å². The van der Waals surface area contributed by atoms with E-state index in [9.17, 15) is 4.39 Å². The minimum Gasteiger partial charge on any atom is -0.378 e. The van der Waals surface area contributed by atoms with Gasteiger partial charge in [-0.2, -0.15) is 0 Å². The van der Waals surface area contributed by atoms with Crippen molar-refractivity contribution in [3.8, 4) is 0 Å². The van der Waals surface area contributed by atoms with E-state index in [1.807, 2.05) is 11.4 Å². The van der Waals surface area contributed by atoms with Crippen LogP contribution in [0.25, 0.3) is 0 Å². The molecule has 0 bridgehead atoms. The standard InChI is InChI=1S/C12H12FNOS2/c1-15-6-9-7-17-12(14-9)8-16-11-5-3-2-4-10(11)13/h2-5,7H,6,8H2,1H3. The van der Waals surface area contributed by atoms with Crippen LogP contribution >= 0.6 is 23.1 Å². The smallest absolute Gasteiger partial charge is 0.136 e.